The van der Waals surface area contributed by atoms with E-state index >= 15 is 0 Å². The molecule has 1 aliphatic carbocycles. The molecule has 5 aromatic rings. The molecule has 0 amide bonds. The van der Waals surface area contributed by atoms with Gasteiger partial charge in [0.05, 0.1) is 22.9 Å². The van der Waals surface area contributed by atoms with Crippen molar-refractivity contribution >= 4 is 43.3 Å². The number of nitrogens with zero attached hydrogens (tertiary/aromatic N) is 4. The number of aromatic nitrogens is 3. The predicted molar refractivity (Wildman–Crippen MR) is 135 cm³/mol. The molecular weight excluding hydrogens is 472 g/mol. The Balaban J connectivity index is 1.39. The number of hydrogen-bond donors (Lipinski definition) is 0. The second-order valence-electron chi connectivity index (χ2n) is 8.31. The van der Waals surface area contributed by atoms with Gasteiger partial charge in [-0.25, -0.2) is 4.99 Å². The van der Waals surface area contributed by atoms with Crippen molar-refractivity contribution in [1.82, 2.24) is 14.8 Å². The zero-order chi connectivity index (χ0) is 21.9. The fourth-order valence-electron chi connectivity index (χ4n) is 5.07. The number of halogens is 1. The molecule has 0 spiro atoms. The number of benzene rings is 3. The van der Waals surface area contributed by atoms with Gasteiger partial charge in [-0.05, 0) is 48.0 Å². The standard InChI is InChI=1S/C28H17BrN4/c29-18-10-13-22-21-4-1-2-7-25(21)33(26(22)16-18)19-11-8-17(9-12-19)20-5-3-6-24-27(20)23-14-15-30-32-28(23)31-24/h1-16,20H. The summed E-state index contributed by atoms with van der Waals surface area (Å²) in [4.78, 5) is 4.67. The molecule has 5 heteroatoms. The summed E-state index contributed by atoms with van der Waals surface area (Å²) in [6, 6.07) is 26.0. The average molecular weight is 489 g/mol. The van der Waals surface area contributed by atoms with Gasteiger partial charge in [-0.1, -0.05) is 64.5 Å². The van der Waals surface area contributed by atoms with E-state index in [9.17, 15) is 0 Å². The number of fused-ring (bicyclic) bond motifs is 5. The van der Waals surface area contributed by atoms with E-state index in [1.807, 2.05) is 6.07 Å². The summed E-state index contributed by atoms with van der Waals surface area (Å²) in [7, 11) is 0. The number of rotatable bonds is 2. The third-order valence-electron chi connectivity index (χ3n) is 6.51. The lowest BCUT2D eigenvalue weighted by Crippen LogP contribution is -2.28. The van der Waals surface area contributed by atoms with Gasteiger partial charge in [0.2, 0.25) is 0 Å². The van der Waals surface area contributed by atoms with Crippen molar-refractivity contribution in [3.8, 4) is 5.69 Å². The predicted octanol–water partition coefficient (Wildman–Crippen LogP) is 5.36. The molecule has 1 aliphatic heterocycles. The van der Waals surface area contributed by atoms with Crippen molar-refractivity contribution in [2.24, 2.45) is 4.99 Å². The van der Waals surface area contributed by atoms with E-state index in [1.165, 1.54) is 32.9 Å². The summed E-state index contributed by atoms with van der Waals surface area (Å²) in [6.45, 7) is 0. The van der Waals surface area contributed by atoms with E-state index in [0.29, 0.717) is 5.49 Å². The van der Waals surface area contributed by atoms with Crippen LogP contribution in [0.1, 0.15) is 11.5 Å². The molecule has 2 aromatic heterocycles. The van der Waals surface area contributed by atoms with Crippen LogP contribution in [-0.2, 0) is 0 Å². The minimum atomic E-state index is 0.139. The lowest BCUT2D eigenvalue weighted by Gasteiger charge is -2.19. The van der Waals surface area contributed by atoms with Crippen molar-refractivity contribution in [2.75, 3.05) is 0 Å². The zero-order valence-electron chi connectivity index (χ0n) is 17.5. The lowest BCUT2D eigenvalue weighted by atomic mass is 9.85. The molecule has 3 heterocycles. The van der Waals surface area contributed by atoms with Crippen LogP contribution in [0.2, 0.25) is 0 Å². The van der Waals surface area contributed by atoms with E-state index < -0.39 is 0 Å². The Hall–Kier alpha value is -3.83. The Bertz CT molecular complexity index is 1780. The molecule has 0 saturated heterocycles. The molecule has 4 nitrogen and oxygen atoms in total. The van der Waals surface area contributed by atoms with Crippen molar-refractivity contribution in [3.05, 3.63) is 124 Å². The van der Waals surface area contributed by atoms with Crippen LogP contribution in [0, 0.1) is 0 Å². The first-order chi connectivity index (χ1) is 16.3. The van der Waals surface area contributed by atoms with Crippen molar-refractivity contribution in [1.29, 1.82) is 0 Å². The first kappa shape index (κ1) is 18.7. The Morgan fingerprint density at radius 2 is 1.70 bits per heavy atom. The minimum absolute atomic E-state index is 0.139. The highest BCUT2D eigenvalue weighted by Crippen LogP contribution is 2.37. The second-order valence-corrected chi connectivity index (χ2v) is 9.23. The van der Waals surface area contributed by atoms with Gasteiger partial charge in [-0.2, -0.15) is 5.10 Å². The maximum absolute atomic E-state index is 4.67. The zero-order valence-corrected chi connectivity index (χ0v) is 19.1. The Morgan fingerprint density at radius 1 is 0.848 bits per heavy atom. The van der Waals surface area contributed by atoms with Crippen LogP contribution >= 0.6 is 15.9 Å². The first-order valence-electron chi connectivity index (χ1n) is 10.9. The highest BCUT2D eigenvalue weighted by atomic mass is 79.9. The van der Waals surface area contributed by atoms with Crippen molar-refractivity contribution < 1.29 is 0 Å². The molecular formula is C28H17BrN4. The maximum Gasteiger partial charge on any atom is 0.182 e. The van der Waals surface area contributed by atoms with E-state index in [4.69, 9.17) is 0 Å². The normalized spacial score (nSPS) is 16.6. The summed E-state index contributed by atoms with van der Waals surface area (Å²) in [5.74, 6) is 0.139. The number of allylic oxidation sites excluding steroid dienone is 4. The Morgan fingerprint density at radius 3 is 2.61 bits per heavy atom. The highest BCUT2D eigenvalue weighted by Gasteiger charge is 2.25. The topological polar surface area (TPSA) is 43.1 Å². The third-order valence-corrected chi connectivity index (χ3v) is 7.00. The molecule has 33 heavy (non-hydrogen) atoms. The highest BCUT2D eigenvalue weighted by molar-refractivity contribution is 9.10. The molecule has 0 N–H and O–H groups in total. The van der Waals surface area contributed by atoms with Gasteiger partial charge in [0.15, 0.2) is 5.49 Å². The molecule has 2 aliphatic rings. The van der Waals surface area contributed by atoms with E-state index in [2.05, 4.69) is 121 Å². The van der Waals surface area contributed by atoms with Crippen LogP contribution in [0.15, 0.2) is 112 Å². The van der Waals surface area contributed by atoms with Crippen LogP contribution in [0.5, 0.6) is 0 Å². The summed E-state index contributed by atoms with van der Waals surface area (Å²) in [6.07, 6.45) is 8.11. The number of hydrogen-bond acceptors (Lipinski definition) is 3. The fourth-order valence-corrected chi connectivity index (χ4v) is 5.42. The van der Waals surface area contributed by atoms with Crippen molar-refractivity contribution in [2.45, 2.75) is 5.92 Å². The molecule has 156 valence electrons. The monoisotopic (exact) mass is 488 g/mol. The molecule has 3 aromatic carbocycles. The van der Waals surface area contributed by atoms with Gasteiger partial charge in [0.1, 0.15) is 0 Å². The lowest BCUT2D eigenvalue weighted by molar-refractivity contribution is 0.947. The summed E-state index contributed by atoms with van der Waals surface area (Å²) in [5, 5.41) is 11.8. The average Bonchev–Trinajstić information content (AvgIpc) is 3.39. The van der Waals surface area contributed by atoms with E-state index in [1.54, 1.807) is 6.20 Å². The van der Waals surface area contributed by atoms with Crippen molar-refractivity contribution in [3.63, 3.8) is 0 Å². The number of para-hydroxylation sites is 1. The summed E-state index contributed by atoms with van der Waals surface area (Å²) >= 11 is 3.65. The molecule has 0 fully saturated rings. The SMILES string of the molecule is Brc1ccc2c3ccccc3n(-c3ccc(C4C=CC=C5N=c6nnccc6=C54)cc3)c2c1. The van der Waals surface area contributed by atoms with E-state index in [-0.39, 0.29) is 5.92 Å². The van der Waals surface area contributed by atoms with Crippen LogP contribution in [-0.4, -0.2) is 14.8 Å². The largest absolute Gasteiger partial charge is 0.309 e. The Labute approximate surface area is 198 Å². The van der Waals surface area contributed by atoms with Crippen LogP contribution in [0.4, 0.5) is 0 Å². The van der Waals surface area contributed by atoms with Gasteiger partial charge in [-0.15, -0.1) is 5.10 Å². The molecule has 0 bridgehead atoms. The van der Waals surface area contributed by atoms with Gasteiger partial charge < -0.3 is 4.57 Å². The summed E-state index contributed by atoms with van der Waals surface area (Å²) < 4.78 is 3.41. The smallest absolute Gasteiger partial charge is 0.182 e. The van der Waals surface area contributed by atoms with Crippen LogP contribution in [0.25, 0.3) is 33.1 Å². The van der Waals surface area contributed by atoms with Gasteiger partial charge in [-0.3, -0.25) is 0 Å². The quantitative estimate of drug-likeness (QED) is 0.335. The van der Waals surface area contributed by atoms with Crippen LogP contribution < -0.4 is 10.7 Å². The minimum Gasteiger partial charge on any atom is -0.309 e. The Kier molecular flexibility index (Phi) is 4.02. The molecule has 1 unspecified atom stereocenters. The fraction of sp³-hybridized carbons (Fsp3) is 0.0357. The second kappa shape index (κ2) is 7.09. The molecule has 0 saturated carbocycles. The van der Waals surface area contributed by atoms with Crippen LogP contribution in [0.3, 0.4) is 0 Å². The van der Waals surface area contributed by atoms with Gasteiger partial charge in [0.25, 0.3) is 0 Å². The summed E-state index contributed by atoms with van der Waals surface area (Å²) in [5.41, 5.74) is 7.67. The first-order valence-corrected chi connectivity index (χ1v) is 11.7. The molecule has 0 radical (unpaired) electrons. The molecule has 1 atom stereocenters. The maximum atomic E-state index is 4.67. The molecule has 7 rings (SSSR count). The van der Waals surface area contributed by atoms with E-state index in [0.717, 1.165) is 21.1 Å². The third kappa shape index (κ3) is 2.79. The van der Waals surface area contributed by atoms with Gasteiger partial charge >= 0.3 is 0 Å². The van der Waals surface area contributed by atoms with Gasteiger partial charge in [0, 0.05) is 37.6 Å².